The number of fused-ring (bicyclic) bond motifs is 1. The molecule has 0 radical (unpaired) electrons. The Hall–Kier alpha value is -2.74. The summed E-state index contributed by atoms with van der Waals surface area (Å²) >= 11 is 1.79. The van der Waals surface area contributed by atoms with Crippen LogP contribution in [0, 0.1) is 0 Å². The second-order valence-corrected chi connectivity index (χ2v) is 8.52. The second kappa shape index (κ2) is 11.0. The highest BCUT2D eigenvalue weighted by Gasteiger charge is 2.21. The van der Waals surface area contributed by atoms with Crippen molar-refractivity contribution in [3.05, 3.63) is 45.6 Å². The first kappa shape index (κ1) is 22.9. The lowest BCUT2D eigenvalue weighted by atomic mass is 10.1. The Morgan fingerprint density at radius 3 is 2.81 bits per heavy atom. The van der Waals surface area contributed by atoms with Crippen molar-refractivity contribution < 1.29 is 14.3 Å². The Morgan fingerprint density at radius 1 is 1.26 bits per heavy atom. The van der Waals surface area contributed by atoms with E-state index >= 15 is 0 Å². The van der Waals surface area contributed by atoms with Gasteiger partial charge in [0.25, 0.3) is 0 Å². The largest absolute Gasteiger partial charge is 0.493 e. The van der Waals surface area contributed by atoms with E-state index in [4.69, 9.17) is 9.47 Å². The number of amides is 1. The molecule has 0 spiro atoms. The predicted molar refractivity (Wildman–Crippen MR) is 125 cm³/mol. The summed E-state index contributed by atoms with van der Waals surface area (Å²) in [4.78, 5) is 22.4. The topological polar surface area (TPSA) is 66.4 Å². The van der Waals surface area contributed by atoms with Gasteiger partial charge in [0.1, 0.15) is 0 Å². The van der Waals surface area contributed by atoms with Crippen LogP contribution in [-0.2, 0) is 24.2 Å². The number of nitrogens with zero attached hydrogens (tertiary/aromatic N) is 3. The smallest absolute Gasteiger partial charge is 0.224 e. The van der Waals surface area contributed by atoms with Crippen LogP contribution in [0.5, 0.6) is 11.5 Å². The molecule has 1 aliphatic rings. The highest BCUT2D eigenvalue weighted by atomic mass is 32.1. The minimum atomic E-state index is 0.188. The fourth-order valence-electron chi connectivity index (χ4n) is 3.72. The molecule has 31 heavy (non-hydrogen) atoms. The lowest BCUT2D eigenvalue weighted by Gasteiger charge is -2.27. The summed E-state index contributed by atoms with van der Waals surface area (Å²) in [7, 11) is 7.04. The Balaban J connectivity index is 1.44. The van der Waals surface area contributed by atoms with E-state index in [1.54, 1.807) is 32.6 Å². The monoisotopic (exact) mass is 444 g/mol. The molecule has 0 unspecified atom stereocenters. The van der Waals surface area contributed by atoms with Gasteiger partial charge in [0.2, 0.25) is 5.91 Å². The zero-order valence-corrected chi connectivity index (χ0v) is 19.6. The van der Waals surface area contributed by atoms with Gasteiger partial charge < -0.3 is 24.6 Å². The molecule has 1 aliphatic heterocycles. The molecule has 0 aliphatic carbocycles. The predicted octanol–water partition coefficient (Wildman–Crippen LogP) is 2.79. The molecule has 3 rings (SSSR count). The van der Waals surface area contributed by atoms with Gasteiger partial charge in [0.05, 0.1) is 14.2 Å². The number of aliphatic imine (C=N–C) groups is 1. The van der Waals surface area contributed by atoms with Crippen molar-refractivity contribution >= 4 is 23.2 Å². The molecule has 1 N–H and O–H groups in total. The molecular formula is C23H32N4O3S. The van der Waals surface area contributed by atoms with Crippen LogP contribution in [0.2, 0.25) is 0 Å². The average molecular weight is 445 g/mol. The number of hydrogen-bond donors (Lipinski definition) is 1. The van der Waals surface area contributed by atoms with Gasteiger partial charge in [-0.15, -0.1) is 11.3 Å². The van der Waals surface area contributed by atoms with Crippen LogP contribution < -0.4 is 14.8 Å². The van der Waals surface area contributed by atoms with Gasteiger partial charge in [-0.25, -0.2) is 0 Å². The minimum Gasteiger partial charge on any atom is -0.493 e. The number of guanidine groups is 1. The van der Waals surface area contributed by atoms with Gasteiger partial charge in [-0.1, -0.05) is 6.07 Å². The first-order valence-corrected chi connectivity index (χ1v) is 11.4. The lowest BCUT2D eigenvalue weighted by molar-refractivity contribution is -0.131. The molecule has 7 nitrogen and oxygen atoms in total. The zero-order chi connectivity index (χ0) is 22.2. The highest BCUT2D eigenvalue weighted by molar-refractivity contribution is 7.10. The number of carbonyl (C=O) groups is 1. The summed E-state index contributed by atoms with van der Waals surface area (Å²) in [5, 5.41) is 5.43. The first-order valence-electron chi connectivity index (χ1n) is 10.5. The molecule has 1 aromatic carbocycles. The zero-order valence-electron chi connectivity index (χ0n) is 18.8. The van der Waals surface area contributed by atoms with Crippen LogP contribution >= 0.6 is 11.3 Å². The molecule has 0 saturated heterocycles. The van der Waals surface area contributed by atoms with E-state index in [2.05, 4.69) is 26.7 Å². The van der Waals surface area contributed by atoms with Gasteiger partial charge in [-0.3, -0.25) is 9.79 Å². The summed E-state index contributed by atoms with van der Waals surface area (Å²) in [5.74, 6) is 2.43. The third-order valence-corrected chi connectivity index (χ3v) is 6.56. The Kier molecular flexibility index (Phi) is 8.17. The summed E-state index contributed by atoms with van der Waals surface area (Å²) in [5.41, 5.74) is 2.45. The number of benzene rings is 1. The number of thiophene rings is 1. The number of rotatable bonds is 8. The maximum Gasteiger partial charge on any atom is 0.224 e. The molecule has 0 bridgehead atoms. The number of ether oxygens (including phenoxy) is 2. The van der Waals surface area contributed by atoms with Crippen molar-refractivity contribution in [2.45, 2.75) is 25.8 Å². The Labute approximate surface area is 188 Å². The molecule has 2 aromatic rings. The van der Waals surface area contributed by atoms with Gasteiger partial charge in [0.15, 0.2) is 17.5 Å². The number of hydrogen-bond acceptors (Lipinski definition) is 5. The molecule has 1 amide bonds. The van der Waals surface area contributed by atoms with Gasteiger partial charge in [0, 0.05) is 51.6 Å². The van der Waals surface area contributed by atoms with E-state index in [0.717, 1.165) is 55.5 Å². The first-order chi connectivity index (χ1) is 15.0. The molecular weight excluding hydrogens is 412 g/mol. The van der Waals surface area contributed by atoms with E-state index in [-0.39, 0.29) is 5.91 Å². The molecule has 1 aromatic heterocycles. The number of likely N-dealkylation sites (N-methyl/N-ethyl adjacent to an activating group) is 1. The van der Waals surface area contributed by atoms with Crippen LogP contribution in [-0.4, -0.2) is 69.6 Å². The van der Waals surface area contributed by atoms with Crippen LogP contribution in [0.1, 0.15) is 22.4 Å². The lowest BCUT2D eigenvalue weighted by Crippen LogP contribution is -2.42. The highest BCUT2D eigenvalue weighted by Crippen LogP contribution is 2.27. The minimum absolute atomic E-state index is 0.188. The van der Waals surface area contributed by atoms with E-state index in [9.17, 15) is 4.79 Å². The summed E-state index contributed by atoms with van der Waals surface area (Å²) < 4.78 is 10.7. The van der Waals surface area contributed by atoms with Crippen molar-refractivity contribution in [1.29, 1.82) is 0 Å². The van der Waals surface area contributed by atoms with Crippen LogP contribution in [0.25, 0.3) is 0 Å². The molecule has 2 heterocycles. The van der Waals surface area contributed by atoms with Crippen LogP contribution in [0.15, 0.2) is 34.6 Å². The number of methoxy groups -OCH3 is 2. The second-order valence-electron chi connectivity index (χ2n) is 7.52. The van der Waals surface area contributed by atoms with E-state index in [0.29, 0.717) is 13.0 Å². The summed E-state index contributed by atoms with van der Waals surface area (Å²) in [6.07, 6.45) is 2.27. The van der Waals surface area contributed by atoms with Gasteiger partial charge in [-0.2, -0.15) is 0 Å². The van der Waals surface area contributed by atoms with Crippen LogP contribution in [0.4, 0.5) is 0 Å². The average Bonchev–Trinajstić information content (AvgIpc) is 3.27. The molecule has 168 valence electrons. The molecule has 0 saturated carbocycles. The van der Waals surface area contributed by atoms with Crippen LogP contribution in [0.3, 0.4) is 0 Å². The van der Waals surface area contributed by atoms with E-state index < -0.39 is 0 Å². The summed E-state index contributed by atoms with van der Waals surface area (Å²) in [6, 6.07) is 8.10. The SMILES string of the molecule is CN=C(NCCC(=O)N1CCc2sccc2C1)N(C)CCc1ccc(OC)c(OC)c1. The number of carbonyl (C=O) groups excluding carboxylic acids is 1. The molecule has 8 heteroatoms. The van der Waals surface area contributed by atoms with Gasteiger partial charge >= 0.3 is 0 Å². The van der Waals surface area contributed by atoms with Crippen molar-refractivity contribution in [3.63, 3.8) is 0 Å². The number of nitrogens with one attached hydrogen (secondary N) is 1. The third kappa shape index (κ3) is 5.91. The van der Waals surface area contributed by atoms with Crippen molar-refractivity contribution in [1.82, 2.24) is 15.1 Å². The Morgan fingerprint density at radius 2 is 2.06 bits per heavy atom. The standard InChI is InChI=1S/C23H32N4O3S/c1-24-23(26(2)12-8-17-5-6-19(29-3)20(15-17)30-4)25-11-7-22(28)27-13-9-21-18(16-27)10-14-31-21/h5-6,10,14-15H,7-9,11-13,16H2,1-4H3,(H,24,25). The molecule has 0 fully saturated rings. The van der Waals surface area contributed by atoms with Crippen molar-refractivity contribution in [2.75, 3.05) is 47.9 Å². The maximum atomic E-state index is 12.6. The fourth-order valence-corrected chi connectivity index (χ4v) is 4.61. The quantitative estimate of drug-likeness (QED) is 0.501. The van der Waals surface area contributed by atoms with E-state index in [1.807, 2.05) is 30.1 Å². The van der Waals surface area contributed by atoms with Crippen molar-refractivity contribution in [2.24, 2.45) is 4.99 Å². The maximum absolute atomic E-state index is 12.6. The van der Waals surface area contributed by atoms with Gasteiger partial charge in [-0.05, 0) is 47.5 Å². The van der Waals surface area contributed by atoms with Crippen molar-refractivity contribution in [3.8, 4) is 11.5 Å². The molecule has 0 atom stereocenters. The fraction of sp³-hybridized carbons (Fsp3) is 0.478. The third-order valence-electron chi connectivity index (χ3n) is 5.54. The summed E-state index contributed by atoms with van der Waals surface area (Å²) in [6.45, 7) is 2.90. The van der Waals surface area contributed by atoms with E-state index in [1.165, 1.54) is 10.4 Å². The normalized spacial score (nSPS) is 13.5. The Bertz CT molecular complexity index is 912.